The molecule has 0 rings (SSSR count). The van der Waals surface area contributed by atoms with Gasteiger partial charge < -0.3 is 33.8 Å². The van der Waals surface area contributed by atoms with E-state index in [4.69, 9.17) is 37.0 Å². The second kappa shape index (κ2) is 74.2. The third-order valence-electron chi connectivity index (χ3n) is 15.8. The predicted octanol–water partition coefficient (Wildman–Crippen LogP) is 22.7. The lowest BCUT2D eigenvalue weighted by Gasteiger charge is -2.21. The average Bonchev–Trinajstić information content (AvgIpc) is 0.907. The first kappa shape index (κ1) is 96.9. The Morgan fingerprint density at radius 3 is 0.922 bits per heavy atom. The molecule has 0 aromatic heterocycles. The number of hydrogen-bond donors (Lipinski definition) is 3. The van der Waals surface area contributed by atoms with Gasteiger partial charge in [-0.15, -0.1) is 0 Å². The summed E-state index contributed by atoms with van der Waals surface area (Å²) in [6.45, 7) is 4.49. The van der Waals surface area contributed by atoms with Crippen LogP contribution in [0.25, 0.3) is 0 Å². The van der Waals surface area contributed by atoms with E-state index in [1.54, 1.807) is 0 Å². The molecule has 3 N–H and O–H groups in total. The van der Waals surface area contributed by atoms with Crippen LogP contribution in [0, 0.1) is 0 Å². The zero-order chi connectivity index (χ0) is 74.6. The molecule has 0 aliphatic rings. The molecular weight excluding hydrogens is 1330 g/mol. The van der Waals surface area contributed by atoms with E-state index in [1.807, 2.05) is 18.2 Å². The van der Waals surface area contributed by atoms with E-state index in [-0.39, 0.29) is 25.7 Å². The van der Waals surface area contributed by atoms with Crippen molar-refractivity contribution in [2.75, 3.05) is 39.6 Å². The Kier molecular flexibility index (Phi) is 70.5. The van der Waals surface area contributed by atoms with Crippen molar-refractivity contribution in [3.63, 3.8) is 0 Å². The highest BCUT2D eigenvalue weighted by Crippen LogP contribution is 2.45. The minimum atomic E-state index is -5.00. The summed E-state index contributed by atoms with van der Waals surface area (Å²) in [5, 5.41) is 10.6. The molecular formula is C83H138O17P2. The van der Waals surface area contributed by atoms with Crippen LogP contribution in [0.15, 0.2) is 146 Å². The van der Waals surface area contributed by atoms with Crippen molar-refractivity contribution in [1.82, 2.24) is 0 Å². The molecule has 0 aromatic carbocycles. The van der Waals surface area contributed by atoms with E-state index in [1.165, 1.54) is 32.1 Å². The van der Waals surface area contributed by atoms with Crippen molar-refractivity contribution in [2.45, 2.75) is 316 Å². The number of phosphoric acid groups is 2. The highest BCUT2D eigenvalue weighted by Gasteiger charge is 2.30. The molecule has 0 saturated carbocycles. The molecule has 5 atom stereocenters. The summed E-state index contributed by atoms with van der Waals surface area (Å²) >= 11 is 0. The Hall–Kier alpha value is -5.06. The van der Waals surface area contributed by atoms with Crippen LogP contribution >= 0.6 is 15.6 Å². The van der Waals surface area contributed by atoms with Crippen LogP contribution in [-0.2, 0) is 65.4 Å². The summed E-state index contributed by atoms with van der Waals surface area (Å²) in [6.07, 6.45) is 84.3. The number of aliphatic hydroxyl groups is 1. The highest BCUT2D eigenvalue weighted by atomic mass is 31.2. The molecule has 0 aliphatic carbocycles. The number of hydrogen-bond acceptors (Lipinski definition) is 15. The first-order valence-corrected chi connectivity index (χ1v) is 42.1. The Balaban J connectivity index is 5.39. The Morgan fingerprint density at radius 1 is 0.284 bits per heavy atom. The second-order valence-electron chi connectivity index (χ2n) is 25.6. The molecule has 0 heterocycles. The van der Waals surface area contributed by atoms with Gasteiger partial charge in [0.15, 0.2) is 12.2 Å². The molecule has 5 unspecified atom stereocenters. The van der Waals surface area contributed by atoms with Crippen LogP contribution < -0.4 is 0 Å². The van der Waals surface area contributed by atoms with E-state index in [0.29, 0.717) is 32.1 Å². The van der Waals surface area contributed by atoms with Gasteiger partial charge in [0.25, 0.3) is 0 Å². The van der Waals surface area contributed by atoms with Gasteiger partial charge in [-0.25, -0.2) is 9.13 Å². The first-order valence-electron chi connectivity index (χ1n) is 39.1. The van der Waals surface area contributed by atoms with Gasteiger partial charge in [0.2, 0.25) is 0 Å². The van der Waals surface area contributed by atoms with Crippen LogP contribution in [-0.4, -0.2) is 96.7 Å². The lowest BCUT2D eigenvalue weighted by Crippen LogP contribution is -2.30. The highest BCUT2D eigenvalue weighted by molar-refractivity contribution is 7.47. The van der Waals surface area contributed by atoms with Crippen LogP contribution in [0.3, 0.4) is 0 Å². The molecule has 17 nitrogen and oxygen atoms in total. The van der Waals surface area contributed by atoms with Crippen molar-refractivity contribution in [3.05, 3.63) is 146 Å². The molecule has 19 heteroatoms. The quantitative estimate of drug-likeness (QED) is 0.0169. The SMILES string of the molecule is CC/C=C\C/C=C\C/C=C\C/C=C\C/C=C\C/C=C\CCC(=O)OCC(COP(=O)(O)OCC(O)COP(=O)(O)OCC(COC(=O)CCCCCCCC/C=C\C/C=C\C/C=C\CCCCC)OC(=O)CCCCCCC/C=C\CCCC)OC(=O)CCCCCCC/C=C\C/C=C\CCC. The van der Waals surface area contributed by atoms with Crippen molar-refractivity contribution in [2.24, 2.45) is 0 Å². The zero-order valence-electron chi connectivity index (χ0n) is 63.5. The van der Waals surface area contributed by atoms with E-state index in [9.17, 15) is 43.2 Å². The van der Waals surface area contributed by atoms with Crippen LogP contribution in [0.5, 0.6) is 0 Å². The van der Waals surface area contributed by atoms with Crippen molar-refractivity contribution < 1.29 is 80.2 Å². The first-order chi connectivity index (χ1) is 49.7. The van der Waals surface area contributed by atoms with Gasteiger partial charge in [-0.2, -0.15) is 0 Å². The van der Waals surface area contributed by atoms with Crippen LogP contribution in [0.4, 0.5) is 0 Å². The monoisotopic (exact) mass is 1470 g/mol. The van der Waals surface area contributed by atoms with Gasteiger partial charge >= 0.3 is 39.5 Å². The fourth-order valence-corrected chi connectivity index (χ4v) is 11.4. The van der Waals surface area contributed by atoms with E-state index in [2.05, 4.69) is 155 Å². The van der Waals surface area contributed by atoms with Crippen molar-refractivity contribution in [1.29, 1.82) is 0 Å². The van der Waals surface area contributed by atoms with E-state index in [0.717, 1.165) is 180 Å². The maximum atomic E-state index is 13.1. The summed E-state index contributed by atoms with van der Waals surface area (Å²) in [5.74, 6) is -2.32. The van der Waals surface area contributed by atoms with E-state index < -0.39 is 97.5 Å². The lowest BCUT2D eigenvalue weighted by atomic mass is 10.1. The molecule has 0 aromatic rings. The molecule has 0 radical (unpaired) electrons. The summed E-state index contributed by atoms with van der Waals surface area (Å²) in [4.78, 5) is 72.8. The second-order valence-corrected chi connectivity index (χ2v) is 28.5. The number of phosphoric ester groups is 2. The number of carbonyl (C=O) groups excluding carboxylic acids is 4. The Bertz CT molecular complexity index is 2510. The summed E-state index contributed by atoms with van der Waals surface area (Å²) < 4.78 is 68.4. The number of unbranched alkanes of at least 4 members (excludes halogenated alkanes) is 22. The maximum Gasteiger partial charge on any atom is 0.472 e. The van der Waals surface area contributed by atoms with Crippen LogP contribution in [0.1, 0.15) is 297 Å². The largest absolute Gasteiger partial charge is 0.472 e. The third kappa shape index (κ3) is 73.3. The van der Waals surface area contributed by atoms with Gasteiger partial charge in [-0.05, 0) is 148 Å². The molecule has 0 bridgehead atoms. The van der Waals surface area contributed by atoms with Crippen molar-refractivity contribution in [3.8, 4) is 0 Å². The number of ether oxygens (including phenoxy) is 4. The smallest absolute Gasteiger partial charge is 0.462 e. The summed E-state index contributed by atoms with van der Waals surface area (Å²) in [5.41, 5.74) is 0. The van der Waals surface area contributed by atoms with Gasteiger partial charge in [-0.1, -0.05) is 270 Å². The number of allylic oxidation sites excluding steroid dienone is 24. The molecule has 0 aliphatic heterocycles. The molecule has 102 heavy (non-hydrogen) atoms. The Labute approximate surface area is 617 Å². The average molecular weight is 1470 g/mol. The molecule has 0 saturated heterocycles. The van der Waals surface area contributed by atoms with Gasteiger partial charge in [0.05, 0.1) is 26.4 Å². The Morgan fingerprint density at radius 2 is 0.559 bits per heavy atom. The van der Waals surface area contributed by atoms with Gasteiger partial charge in [-0.3, -0.25) is 37.3 Å². The number of carbonyl (C=O) groups is 4. The minimum Gasteiger partial charge on any atom is -0.462 e. The lowest BCUT2D eigenvalue weighted by molar-refractivity contribution is -0.161. The molecule has 582 valence electrons. The zero-order valence-corrected chi connectivity index (χ0v) is 65.3. The van der Waals surface area contributed by atoms with Crippen LogP contribution in [0.2, 0.25) is 0 Å². The minimum absolute atomic E-state index is 0.0290. The van der Waals surface area contributed by atoms with Crippen molar-refractivity contribution >= 4 is 39.5 Å². The maximum absolute atomic E-state index is 13.1. The molecule has 0 amide bonds. The standard InChI is InChI=1S/C83H138O17P2/c1-5-9-13-17-21-25-29-32-34-36-38-40-42-45-48-51-55-59-63-67-80(85)93-73-78(99-82(87)69-65-61-57-53-47-28-24-20-16-12-8-4)75-97-101(89,90)95-71-77(84)72-96-102(91,92)98-76-79(100-83(88)70-66-62-58-54-50-44-31-27-23-19-15-11-7-3)74-94-81(86)68-64-60-56-52-49-46-43-41-39-37-35-33-30-26-22-18-14-10-6-2/h10,14-15,19-22,24-27,31-35,38-41,46,49,56,60,77-79,84H,5-9,11-13,16-18,23,28-30,36-37,42-45,47-48,50-55,57-59,61-76H2,1-4H3,(H,89,90)(H,91,92)/b14-10-,19-15-,24-20-,25-21-,26-22-,31-27-,34-32-,35-33-,40-38-,41-39-,49-46-,60-56-. The van der Waals surface area contributed by atoms with Gasteiger partial charge in [0, 0.05) is 25.7 Å². The number of aliphatic hydroxyl groups excluding tert-OH is 1. The molecule has 0 fully saturated rings. The topological polar surface area (TPSA) is 237 Å². The van der Waals surface area contributed by atoms with E-state index >= 15 is 0 Å². The van der Waals surface area contributed by atoms with Gasteiger partial charge in [0.1, 0.15) is 19.3 Å². The predicted molar refractivity (Wildman–Crippen MR) is 417 cm³/mol. The normalized spacial score (nSPS) is 14.7. The summed E-state index contributed by atoms with van der Waals surface area (Å²) in [7, 11) is -9.99. The molecule has 0 spiro atoms. The fourth-order valence-electron chi connectivity index (χ4n) is 9.80. The number of esters is 4. The fraction of sp³-hybridized carbons (Fsp3) is 0.663. The number of rotatable bonds is 72. The summed E-state index contributed by atoms with van der Waals surface area (Å²) in [6, 6.07) is 0. The third-order valence-corrected chi connectivity index (χ3v) is 17.7.